The molecule has 1 aromatic heterocycles. The molecule has 3 rings (SSSR count). The molecule has 0 unspecified atom stereocenters. The van der Waals surface area contributed by atoms with E-state index in [1.165, 1.54) is 18.2 Å². The molecule has 3 aromatic rings. The molecule has 1 amide bonds. The van der Waals surface area contributed by atoms with Gasteiger partial charge in [-0.15, -0.1) is 0 Å². The van der Waals surface area contributed by atoms with E-state index in [0.29, 0.717) is 18.0 Å². The van der Waals surface area contributed by atoms with Gasteiger partial charge in [0.25, 0.3) is 11.6 Å². The van der Waals surface area contributed by atoms with Gasteiger partial charge in [0.2, 0.25) is 0 Å². The number of hydrogen-bond donors (Lipinski definition) is 2. The topological polar surface area (TPSA) is 88.0 Å². The van der Waals surface area contributed by atoms with E-state index in [1.807, 2.05) is 18.3 Å². The van der Waals surface area contributed by atoms with E-state index in [-0.39, 0.29) is 16.3 Å². The van der Waals surface area contributed by atoms with Crippen LogP contribution in [0.4, 0.5) is 5.69 Å². The van der Waals surface area contributed by atoms with Crippen LogP contribution in [0.1, 0.15) is 15.9 Å². The van der Waals surface area contributed by atoms with Gasteiger partial charge in [-0.05, 0) is 42.3 Å². The Morgan fingerprint density at radius 3 is 2.76 bits per heavy atom. The van der Waals surface area contributed by atoms with Crippen LogP contribution >= 0.6 is 23.2 Å². The predicted octanol–water partition coefficient (Wildman–Crippen LogP) is 4.36. The van der Waals surface area contributed by atoms with Gasteiger partial charge in [0, 0.05) is 40.3 Å². The van der Waals surface area contributed by atoms with Crippen LogP contribution in [0.5, 0.6) is 0 Å². The van der Waals surface area contributed by atoms with Crippen LogP contribution in [0.3, 0.4) is 0 Å². The average molecular weight is 378 g/mol. The summed E-state index contributed by atoms with van der Waals surface area (Å²) >= 11 is 11.8. The first-order valence-electron chi connectivity index (χ1n) is 7.43. The number of aromatic amines is 1. The quantitative estimate of drug-likeness (QED) is 0.511. The Bertz CT molecular complexity index is 969. The third kappa shape index (κ3) is 3.75. The molecule has 128 valence electrons. The van der Waals surface area contributed by atoms with Crippen molar-refractivity contribution in [3.8, 4) is 0 Å². The Balaban J connectivity index is 1.67. The van der Waals surface area contributed by atoms with Crippen LogP contribution in [-0.4, -0.2) is 22.4 Å². The number of aromatic nitrogens is 1. The standard InChI is InChI=1S/C17H13Cl2N3O3/c18-12-2-4-15-13(8-12)11(9-21-15)5-6-20-17(23)10-1-3-14(19)16(7-10)22(24)25/h1-4,7-9,21H,5-6H2,(H,20,23). The summed E-state index contributed by atoms with van der Waals surface area (Å²) in [5.74, 6) is -0.391. The molecule has 2 aromatic carbocycles. The summed E-state index contributed by atoms with van der Waals surface area (Å²) in [5, 5.41) is 15.3. The molecule has 25 heavy (non-hydrogen) atoms. The highest BCUT2D eigenvalue weighted by atomic mass is 35.5. The van der Waals surface area contributed by atoms with E-state index in [1.54, 1.807) is 6.07 Å². The van der Waals surface area contributed by atoms with Gasteiger partial charge in [-0.1, -0.05) is 23.2 Å². The summed E-state index contributed by atoms with van der Waals surface area (Å²) in [4.78, 5) is 25.6. The minimum absolute atomic E-state index is 0.00257. The maximum absolute atomic E-state index is 12.2. The third-order valence-corrected chi connectivity index (χ3v) is 4.37. The normalized spacial score (nSPS) is 10.8. The van der Waals surface area contributed by atoms with Crippen LogP contribution < -0.4 is 5.32 Å². The van der Waals surface area contributed by atoms with Crippen LogP contribution in [0.2, 0.25) is 10.0 Å². The summed E-state index contributed by atoms with van der Waals surface area (Å²) in [6.07, 6.45) is 2.47. The number of amides is 1. The molecule has 0 aliphatic heterocycles. The molecule has 0 atom stereocenters. The lowest BCUT2D eigenvalue weighted by atomic mass is 10.1. The van der Waals surface area contributed by atoms with Crippen molar-refractivity contribution in [3.05, 3.63) is 73.9 Å². The number of nitro benzene ring substituents is 1. The number of fused-ring (bicyclic) bond motifs is 1. The number of benzene rings is 2. The first-order valence-corrected chi connectivity index (χ1v) is 8.19. The summed E-state index contributed by atoms with van der Waals surface area (Å²) in [6.45, 7) is 0.384. The Labute approximate surface area is 152 Å². The highest BCUT2D eigenvalue weighted by Gasteiger charge is 2.16. The molecule has 8 heteroatoms. The Kier molecular flexibility index (Phi) is 4.92. The summed E-state index contributed by atoms with van der Waals surface area (Å²) in [6, 6.07) is 9.54. The Hall–Kier alpha value is -2.57. The zero-order valence-corrected chi connectivity index (χ0v) is 14.4. The molecule has 0 aliphatic rings. The lowest BCUT2D eigenvalue weighted by Gasteiger charge is -2.05. The first kappa shape index (κ1) is 17.3. The number of hydrogen-bond acceptors (Lipinski definition) is 3. The number of H-pyrrole nitrogens is 1. The van der Waals surface area contributed by atoms with Crippen molar-refractivity contribution in [1.29, 1.82) is 0 Å². The lowest BCUT2D eigenvalue weighted by Crippen LogP contribution is -2.25. The van der Waals surface area contributed by atoms with E-state index < -0.39 is 10.8 Å². The average Bonchev–Trinajstić information content (AvgIpc) is 2.97. The minimum atomic E-state index is -0.616. The molecule has 0 fully saturated rings. The molecule has 0 radical (unpaired) electrons. The van der Waals surface area contributed by atoms with Crippen molar-refractivity contribution < 1.29 is 9.72 Å². The van der Waals surface area contributed by atoms with Crippen molar-refractivity contribution in [1.82, 2.24) is 10.3 Å². The monoisotopic (exact) mass is 377 g/mol. The second-order valence-electron chi connectivity index (χ2n) is 5.43. The van der Waals surface area contributed by atoms with Gasteiger partial charge in [0.05, 0.1) is 4.92 Å². The fourth-order valence-electron chi connectivity index (χ4n) is 2.56. The summed E-state index contributed by atoms with van der Waals surface area (Å²) < 4.78 is 0. The van der Waals surface area contributed by atoms with Gasteiger partial charge in [0.1, 0.15) is 5.02 Å². The maximum atomic E-state index is 12.2. The number of halogens is 2. The highest BCUT2D eigenvalue weighted by molar-refractivity contribution is 6.32. The molecular weight excluding hydrogens is 365 g/mol. The number of carbonyl (C=O) groups is 1. The van der Waals surface area contributed by atoms with Gasteiger partial charge in [-0.3, -0.25) is 14.9 Å². The fourth-order valence-corrected chi connectivity index (χ4v) is 2.92. The summed E-state index contributed by atoms with van der Waals surface area (Å²) in [7, 11) is 0. The van der Waals surface area contributed by atoms with Crippen molar-refractivity contribution in [2.45, 2.75) is 6.42 Å². The van der Waals surface area contributed by atoms with Crippen molar-refractivity contribution >= 4 is 45.7 Å². The SMILES string of the molecule is O=C(NCCc1c[nH]c2ccc(Cl)cc12)c1ccc(Cl)c([N+](=O)[O-])c1. The molecule has 6 nitrogen and oxygen atoms in total. The minimum Gasteiger partial charge on any atom is -0.361 e. The van der Waals surface area contributed by atoms with Gasteiger partial charge >= 0.3 is 0 Å². The molecule has 2 N–H and O–H groups in total. The number of rotatable bonds is 5. The molecule has 1 heterocycles. The van der Waals surface area contributed by atoms with E-state index >= 15 is 0 Å². The van der Waals surface area contributed by atoms with Gasteiger partial charge in [-0.2, -0.15) is 0 Å². The summed E-state index contributed by atoms with van der Waals surface area (Å²) in [5.41, 5.74) is 1.90. The number of nitrogens with zero attached hydrogens (tertiary/aromatic N) is 1. The number of nitrogens with one attached hydrogen (secondary N) is 2. The van der Waals surface area contributed by atoms with Crippen LogP contribution in [0.25, 0.3) is 10.9 Å². The maximum Gasteiger partial charge on any atom is 0.288 e. The van der Waals surface area contributed by atoms with Gasteiger partial charge in [-0.25, -0.2) is 0 Å². The zero-order chi connectivity index (χ0) is 18.0. The second-order valence-corrected chi connectivity index (χ2v) is 6.28. The van der Waals surface area contributed by atoms with Crippen LogP contribution in [0, 0.1) is 10.1 Å². The number of nitro groups is 1. The number of carbonyl (C=O) groups excluding carboxylic acids is 1. The Morgan fingerprint density at radius 2 is 2.00 bits per heavy atom. The molecule has 0 spiro atoms. The van der Waals surface area contributed by atoms with Crippen LogP contribution in [-0.2, 0) is 6.42 Å². The molecule has 0 saturated carbocycles. The zero-order valence-electron chi connectivity index (χ0n) is 12.9. The smallest absolute Gasteiger partial charge is 0.288 e. The fraction of sp³-hybridized carbons (Fsp3) is 0.118. The highest BCUT2D eigenvalue weighted by Crippen LogP contribution is 2.25. The van der Waals surface area contributed by atoms with Crippen LogP contribution in [0.15, 0.2) is 42.6 Å². The predicted molar refractivity (Wildman–Crippen MR) is 97.5 cm³/mol. The van der Waals surface area contributed by atoms with E-state index in [4.69, 9.17) is 23.2 Å². The molecular formula is C17H13Cl2N3O3. The Morgan fingerprint density at radius 1 is 1.20 bits per heavy atom. The molecule has 0 saturated heterocycles. The van der Waals surface area contributed by atoms with E-state index in [2.05, 4.69) is 10.3 Å². The lowest BCUT2D eigenvalue weighted by molar-refractivity contribution is -0.384. The van der Waals surface area contributed by atoms with Crippen molar-refractivity contribution in [3.63, 3.8) is 0 Å². The third-order valence-electron chi connectivity index (χ3n) is 3.81. The molecule has 0 bridgehead atoms. The van der Waals surface area contributed by atoms with Gasteiger partial charge < -0.3 is 10.3 Å². The molecule has 0 aliphatic carbocycles. The van der Waals surface area contributed by atoms with E-state index in [0.717, 1.165) is 16.5 Å². The first-order chi connectivity index (χ1) is 12.0. The van der Waals surface area contributed by atoms with Crippen molar-refractivity contribution in [2.75, 3.05) is 6.54 Å². The van der Waals surface area contributed by atoms with Crippen molar-refractivity contribution in [2.24, 2.45) is 0 Å². The van der Waals surface area contributed by atoms with E-state index in [9.17, 15) is 14.9 Å². The largest absolute Gasteiger partial charge is 0.361 e. The second kappa shape index (κ2) is 7.13. The van der Waals surface area contributed by atoms with Gasteiger partial charge in [0.15, 0.2) is 0 Å².